The number of hydrogen-bond donors (Lipinski definition) is 0. The van der Waals surface area contributed by atoms with E-state index in [1.807, 2.05) is 0 Å². The van der Waals surface area contributed by atoms with Crippen LogP contribution >= 0.6 is 0 Å². The quantitative estimate of drug-likeness (QED) is 0.0261. The van der Waals surface area contributed by atoms with Gasteiger partial charge in [0.25, 0.3) is 0 Å². The zero-order chi connectivity index (χ0) is 58.5. The molecule has 0 rings (SSSR count). The Morgan fingerprint density at radius 2 is 0.481 bits per heavy atom. The number of hydrogen-bond acceptors (Lipinski definition) is 6. The van der Waals surface area contributed by atoms with Crippen LogP contribution in [0.4, 0.5) is 0 Å². The predicted molar refractivity (Wildman–Crippen MR) is 353 cm³/mol. The van der Waals surface area contributed by atoms with Gasteiger partial charge in [-0.15, -0.1) is 0 Å². The first-order chi connectivity index (χ1) is 40.0. The van der Waals surface area contributed by atoms with Crippen LogP contribution in [0, 0.1) is 0 Å². The number of carbonyl (C=O) groups is 3. The SMILES string of the molecule is CC/C=C\C/C=C\C/C=C\C/C=C\C/C=C\C/C=C\C/C=C\CCCCCCCC(=O)OCC(COC(=O)CCCCCC/C=C\C/C=C\C/C=C\C/C=C\CC)OC(=O)CCCCCCCCCCCCCCCCCCCCC. The van der Waals surface area contributed by atoms with Gasteiger partial charge < -0.3 is 14.2 Å². The van der Waals surface area contributed by atoms with Crippen LogP contribution in [0.1, 0.15) is 303 Å². The van der Waals surface area contributed by atoms with Gasteiger partial charge in [-0.25, -0.2) is 0 Å². The van der Waals surface area contributed by atoms with Crippen LogP contribution in [0.2, 0.25) is 0 Å². The molecule has 0 N–H and O–H groups in total. The summed E-state index contributed by atoms with van der Waals surface area (Å²) in [6.45, 7) is 6.40. The minimum Gasteiger partial charge on any atom is -0.462 e. The molecule has 460 valence electrons. The summed E-state index contributed by atoms with van der Waals surface area (Å²) >= 11 is 0. The molecule has 0 aromatic carbocycles. The third kappa shape index (κ3) is 66.2. The van der Waals surface area contributed by atoms with Crippen molar-refractivity contribution in [2.45, 2.75) is 309 Å². The molecule has 81 heavy (non-hydrogen) atoms. The highest BCUT2D eigenvalue weighted by Gasteiger charge is 2.19. The van der Waals surface area contributed by atoms with Gasteiger partial charge in [0.15, 0.2) is 6.10 Å². The first-order valence-corrected chi connectivity index (χ1v) is 33.7. The lowest BCUT2D eigenvalue weighted by Gasteiger charge is -2.18. The molecule has 0 aliphatic carbocycles. The summed E-state index contributed by atoms with van der Waals surface area (Å²) in [5.41, 5.74) is 0. The fourth-order valence-corrected chi connectivity index (χ4v) is 9.18. The molecule has 1 atom stereocenters. The van der Waals surface area contributed by atoms with Crippen molar-refractivity contribution in [2.75, 3.05) is 13.2 Å². The molecule has 0 heterocycles. The second-order valence-electron chi connectivity index (χ2n) is 22.0. The van der Waals surface area contributed by atoms with Crippen molar-refractivity contribution < 1.29 is 28.6 Å². The third-order valence-electron chi connectivity index (χ3n) is 14.2. The summed E-state index contributed by atoms with van der Waals surface area (Å²) in [6, 6.07) is 0. The molecular formula is C75H124O6. The maximum Gasteiger partial charge on any atom is 0.306 e. The molecule has 0 aliphatic rings. The van der Waals surface area contributed by atoms with E-state index in [1.54, 1.807) is 0 Å². The van der Waals surface area contributed by atoms with Crippen molar-refractivity contribution in [2.24, 2.45) is 0 Å². The molecule has 0 radical (unpaired) electrons. The second-order valence-corrected chi connectivity index (χ2v) is 22.0. The molecule has 0 saturated carbocycles. The van der Waals surface area contributed by atoms with E-state index in [4.69, 9.17) is 14.2 Å². The summed E-state index contributed by atoms with van der Waals surface area (Å²) < 4.78 is 16.9. The summed E-state index contributed by atoms with van der Waals surface area (Å²) in [5.74, 6) is -0.930. The van der Waals surface area contributed by atoms with E-state index >= 15 is 0 Å². The Labute approximate surface area is 500 Å². The Morgan fingerprint density at radius 1 is 0.259 bits per heavy atom. The molecule has 6 heteroatoms. The minimum absolute atomic E-state index is 0.0980. The second kappa shape index (κ2) is 68.1. The number of unbranched alkanes of at least 4 members (excludes halogenated alkanes) is 27. The van der Waals surface area contributed by atoms with Crippen molar-refractivity contribution in [1.82, 2.24) is 0 Å². The Hall–Kier alpha value is -4.45. The maximum atomic E-state index is 12.9. The number of carbonyl (C=O) groups excluding carboxylic acids is 3. The molecule has 0 saturated heterocycles. The average Bonchev–Trinajstić information content (AvgIpc) is 3.47. The molecule has 0 spiro atoms. The van der Waals surface area contributed by atoms with E-state index in [-0.39, 0.29) is 31.1 Å². The van der Waals surface area contributed by atoms with E-state index in [2.05, 4.69) is 154 Å². The van der Waals surface area contributed by atoms with Crippen molar-refractivity contribution in [3.8, 4) is 0 Å². The van der Waals surface area contributed by atoms with Gasteiger partial charge in [0.1, 0.15) is 13.2 Å². The van der Waals surface area contributed by atoms with Crippen LogP contribution in [0.15, 0.2) is 134 Å². The first-order valence-electron chi connectivity index (χ1n) is 33.7. The van der Waals surface area contributed by atoms with Gasteiger partial charge in [-0.3, -0.25) is 14.4 Å². The van der Waals surface area contributed by atoms with Gasteiger partial charge in [-0.05, 0) is 116 Å². The lowest BCUT2D eigenvalue weighted by atomic mass is 10.0. The highest BCUT2D eigenvalue weighted by atomic mass is 16.6. The normalized spacial score (nSPS) is 13.0. The average molecular weight is 1120 g/mol. The zero-order valence-electron chi connectivity index (χ0n) is 52.8. The molecule has 6 nitrogen and oxygen atoms in total. The van der Waals surface area contributed by atoms with E-state index in [9.17, 15) is 14.4 Å². The summed E-state index contributed by atoms with van der Waals surface area (Å²) in [7, 11) is 0. The first kappa shape index (κ1) is 76.5. The van der Waals surface area contributed by atoms with Crippen molar-refractivity contribution >= 4 is 17.9 Å². The Balaban J connectivity index is 4.44. The largest absolute Gasteiger partial charge is 0.462 e. The van der Waals surface area contributed by atoms with E-state index in [0.717, 1.165) is 161 Å². The van der Waals surface area contributed by atoms with Crippen LogP contribution in [0.5, 0.6) is 0 Å². The molecule has 0 amide bonds. The molecule has 0 aromatic heterocycles. The number of esters is 3. The van der Waals surface area contributed by atoms with Gasteiger partial charge in [-0.1, -0.05) is 302 Å². The Bertz CT molecular complexity index is 1720. The highest BCUT2D eigenvalue weighted by molar-refractivity contribution is 5.71. The molecule has 0 aromatic rings. The van der Waals surface area contributed by atoms with Crippen LogP contribution in [-0.2, 0) is 28.6 Å². The lowest BCUT2D eigenvalue weighted by molar-refractivity contribution is -0.167. The van der Waals surface area contributed by atoms with Crippen molar-refractivity contribution in [1.29, 1.82) is 0 Å². The van der Waals surface area contributed by atoms with E-state index in [0.29, 0.717) is 19.3 Å². The Kier molecular flexibility index (Phi) is 64.3. The third-order valence-corrected chi connectivity index (χ3v) is 14.2. The van der Waals surface area contributed by atoms with Crippen molar-refractivity contribution in [3.05, 3.63) is 134 Å². The van der Waals surface area contributed by atoms with Crippen molar-refractivity contribution in [3.63, 3.8) is 0 Å². The Morgan fingerprint density at radius 3 is 0.753 bits per heavy atom. The van der Waals surface area contributed by atoms with Gasteiger partial charge in [0.05, 0.1) is 0 Å². The van der Waals surface area contributed by atoms with Crippen LogP contribution in [0.3, 0.4) is 0 Å². The maximum absolute atomic E-state index is 12.9. The van der Waals surface area contributed by atoms with Gasteiger partial charge in [0.2, 0.25) is 0 Å². The van der Waals surface area contributed by atoms with Crippen LogP contribution in [-0.4, -0.2) is 37.2 Å². The fourth-order valence-electron chi connectivity index (χ4n) is 9.18. The minimum atomic E-state index is -0.802. The van der Waals surface area contributed by atoms with Crippen LogP contribution in [0.25, 0.3) is 0 Å². The van der Waals surface area contributed by atoms with E-state index < -0.39 is 6.10 Å². The monoisotopic (exact) mass is 1120 g/mol. The predicted octanol–water partition coefficient (Wildman–Crippen LogP) is 23.3. The number of ether oxygens (including phenoxy) is 3. The van der Waals surface area contributed by atoms with Crippen LogP contribution < -0.4 is 0 Å². The zero-order valence-corrected chi connectivity index (χ0v) is 52.8. The molecule has 0 fully saturated rings. The number of rotatable bonds is 60. The van der Waals surface area contributed by atoms with Gasteiger partial charge in [0, 0.05) is 19.3 Å². The topological polar surface area (TPSA) is 78.9 Å². The molecular weight excluding hydrogens is 997 g/mol. The molecule has 0 aliphatic heterocycles. The van der Waals surface area contributed by atoms with Gasteiger partial charge >= 0.3 is 17.9 Å². The standard InChI is InChI=1S/C75H124O6/c1-4-7-10-13-16-19-22-25-28-31-33-34-35-36-37-38-39-40-42-44-47-50-53-56-59-62-65-68-74(77)80-71-72(70-79-73(76)67-64-61-58-55-52-49-46-43-30-27-24-21-18-15-12-9-6-3)81-75(78)69-66-63-60-57-54-51-48-45-41-32-29-26-23-20-17-14-11-8-5-2/h7,9-10,12,16,18-19,21,25,27-28,30,33-34,36-37,39-40,44,46-47,49,72H,4-6,8,11,13-15,17,20,22-24,26,29,31-32,35,38,41-43,45,48,50-71H2,1-3H3/b10-7-,12-9-,19-16-,21-18-,28-25-,30-27-,34-33-,37-36-,40-39-,47-44-,49-46-. The fraction of sp³-hybridized carbons (Fsp3) is 0.667. The summed E-state index contributed by atoms with van der Waals surface area (Å²) in [4.78, 5) is 38.4. The smallest absolute Gasteiger partial charge is 0.306 e. The highest BCUT2D eigenvalue weighted by Crippen LogP contribution is 2.16. The molecule has 0 bridgehead atoms. The number of allylic oxidation sites excluding steroid dienone is 22. The summed E-state index contributed by atoms with van der Waals surface area (Å²) in [6.07, 6.45) is 96.0. The lowest BCUT2D eigenvalue weighted by Crippen LogP contribution is -2.30. The molecule has 1 unspecified atom stereocenters. The summed E-state index contributed by atoms with van der Waals surface area (Å²) in [5, 5.41) is 0. The van der Waals surface area contributed by atoms with E-state index in [1.165, 1.54) is 103 Å². The van der Waals surface area contributed by atoms with Gasteiger partial charge in [-0.2, -0.15) is 0 Å².